The smallest absolute Gasteiger partial charge is 0.278 e. The van der Waals surface area contributed by atoms with Crippen LogP contribution in [0, 0.1) is 0 Å². The van der Waals surface area contributed by atoms with Crippen molar-refractivity contribution in [2.24, 2.45) is 5.73 Å². The highest BCUT2D eigenvalue weighted by molar-refractivity contribution is 6.43. The van der Waals surface area contributed by atoms with Crippen molar-refractivity contribution in [1.82, 2.24) is 9.97 Å². The van der Waals surface area contributed by atoms with Crippen molar-refractivity contribution in [3.63, 3.8) is 0 Å². The second kappa shape index (κ2) is 5.36. The van der Waals surface area contributed by atoms with Crippen LogP contribution in [0.4, 0.5) is 0 Å². The maximum atomic E-state index is 6.18. The molecule has 1 aromatic carbocycles. The van der Waals surface area contributed by atoms with Gasteiger partial charge >= 0.3 is 0 Å². The molecule has 7 heteroatoms. The molecule has 2 N–H and O–H groups in total. The van der Waals surface area contributed by atoms with E-state index in [9.17, 15) is 0 Å². The molecule has 1 unspecified atom stereocenters. The topological polar surface area (TPSA) is 70.3 Å². The fraction of sp³-hybridized carbons (Fsp3) is 0.333. The standard InChI is InChI=1S/C12H13Cl2N3O2/c1-5(15)8-9(14)6(13)4-7-10(8)17-12(19-3)11(16-7)18-2/h4-5H,15H2,1-3H3. The first-order chi connectivity index (χ1) is 8.99. The lowest BCUT2D eigenvalue weighted by Gasteiger charge is -2.14. The van der Waals surface area contributed by atoms with Crippen LogP contribution in [0.25, 0.3) is 11.0 Å². The van der Waals surface area contributed by atoms with Crippen LogP contribution in [0.15, 0.2) is 6.07 Å². The van der Waals surface area contributed by atoms with Gasteiger partial charge in [-0.1, -0.05) is 23.2 Å². The number of rotatable bonds is 3. The summed E-state index contributed by atoms with van der Waals surface area (Å²) in [7, 11) is 2.98. The Kier molecular flexibility index (Phi) is 3.99. The van der Waals surface area contributed by atoms with Crippen molar-refractivity contribution in [2.75, 3.05) is 14.2 Å². The van der Waals surface area contributed by atoms with Crippen LogP contribution >= 0.6 is 23.2 Å². The van der Waals surface area contributed by atoms with Gasteiger partial charge in [0, 0.05) is 11.6 Å². The number of methoxy groups -OCH3 is 2. The molecule has 102 valence electrons. The second-order valence-corrected chi connectivity index (χ2v) is 4.77. The molecule has 0 spiro atoms. The average molecular weight is 302 g/mol. The molecule has 1 atom stereocenters. The Bertz CT molecular complexity index is 632. The number of benzene rings is 1. The molecule has 2 rings (SSSR count). The first-order valence-electron chi connectivity index (χ1n) is 5.52. The first kappa shape index (κ1) is 14.1. The minimum Gasteiger partial charge on any atom is -0.477 e. The van der Waals surface area contributed by atoms with E-state index in [2.05, 4.69) is 9.97 Å². The Labute approximate surface area is 120 Å². The molecule has 0 saturated heterocycles. The number of hydrogen-bond donors (Lipinski definition) is 1. The van der Waals surface area contributed by atoms with E-state index in [0.29, 0.717) is 26.6 Å². The molecule has 1 aromatic heterocycles. The Hall–Kier alpha value is -1.30. The van der Waals surface area contributed by atoms with Crippen molar-refractivity contribution in [3.05, 3.63) is 21.7 Å². The van der Waals surface area contributed by atoms with Crippen molar-refractivity contribution >= 4 is 34.2 Å². The van der Waals surface area contributed by atoms with Crippen LogP contribution in [-0.2, 0) is 0 Å². The van der Waals surface area contributed by atoms with E-state index in [0.717, 1.165) is 0 Å². The molecule has 0 aliphatic heterocycles. The molecule has 5 nitrogen and oxygen atoms in total. The third kappa shape index (κ3) is 2.41. The summed E-state index contributed by atoms with van der Waals surface area (Å²) in [6, 6.07) is 1.29. The van der Waals surface area contributed by atoms with E-state index in [-0.39, 0.29) is 17.8 Å². The van der Waals surface area contributed by atoms with Crippen LogP contribution in [0.3, 0.4) is 0 Å². The SMILES string of the molecule is COc1nc2cc(Cl)c(Cl)c(C(C)N)c2nc1OC. The summed E-state index contributed by atoms with van der Waals surface area (Å²) >= 11 is 12.3. The molecule has 0 aliphatic carbocycles. The highest BCUT2D eigenvalue weighted by atomic mass is 35.5. The molecular weight excluding hydrogens is 289 g/mol. The zero-order valence-corrected chi connectivity index (χ0v) is 12.2. The second-order valence-electron chi connectivity index (χ2n) is 3.98. The van der Waals surface area contributed by atoms with E-state index >= 15 is 0 Å². The summed E-state index contributed by atoms with van der Waals surface area (Å²) in [5, 5.41) is 0.758. The Balaban J connectivity index is 2.87. The zero-order chi connectivity index (χ0) is 14.2. The Morgan fingerprint density at radius 1 is 1.16 bits per heavy atom. The van der Waals surface area contributed by atoms with Crippen molar-refractivity contribution in [3.8, 4) is 11.8 Å². The summed E-state index contributed by atoms with van der Waals surface area (Å²) in [5.74, 6) is 0.555. The van der Waals surface area contributed by atoms with Crippen LogP contribution in [0.2, 0.25) is 10.0 Å². The van der Waals surface area contributed by atoms with Gasteiger partial charge in [-0.15, -0.1) is 0 Å². The maximum absolute atomic E-state index is 6.18. The predicted molar refractivity (Wildman–Crippen MR) is 75.3 cm³/mol. The molecule has 0 saturated carbocycles. The van der Waals surface area contributed by atoms with Gasteiger partial charge in [-0.2, -0.15) is 0 Å². The average Bonchev–Trinajstić information content (AvgIpc) is 2.38. The summed E-state index contributed by atoms with van der Waals surface area (Å²) < 4.78 is 10.2. The molecule has 0 aliphatic rings. The number of nitrogens with two attached hydrogens (primary N) is 1. The lowest BCUT2D eigenvalue weighted by atomic mass is 10.1. The van der Waals surface area contributed by atoms with Gasteiger partial charge in [-0.05, 0) is 13.0 Å². The fourth-order valence-electron chi connectivity index (χ4n) is 1.81. The number of aromatic nitrogens is 2. The van der Waals surface area contributed by atoms with Gasteiger partial charge in [-0.3, -0.25) is 0 Å². The van der Waals surface area contributed by atoms with E-state index in [1.165, 1.54) is 14.2 Å². The normalized spacial score (nSPS) is 12.5. The third-order valence-corrected chi connectivity index (χ3v) is 3.47. The summed E-state index contributed by atoms with van der Waals surface area (Å²) in [5.41, 5.74) is 7.68. The number of ether oxygens (including phenoxy) is 2. The number of hydrogen-bond acceptors (Lipinski definition) is 5. The monoisotopic (exact) mass is 301 g/mol. The molecule has 0 radical (unpaired) electrons. The van der Waals surface area contributed by atoms with E-state index in [4.69, 9.17) is 38.4 Å². The molecule has 0 bridgehead atoms. The van der Waals surface area contributed by atoms with Gasteiger partial charge in [0.1, 0.15) is 0 Å². The number of nitrogens with zero attached hydrogens (tertiary/aromatic N) is 2. The number of halogens is 2. The molecule has 0 amide bonds. The van der Waals surface area contributed by atoms with E-state index in [1.807, 2.05) is 0 Å². The molecule has 1 heterocycles. The lowest BCUT2D eigenvalue weighted by molar-refractivity contribution is 0.334. The fourth-order valence-corrected chi connectivity index (χ4v) is 2.33. The molecular formula is C12H13Cl2N3O2. The quantitative estimate of drug-likeness (QED) is 0.944. The highest BCUT2D eigenvalue weighted by Crippen LogP contribution is 2.37. The predicted octanol–water partition coefficient (Wildman–Crippen LogP) is 2.97. The highest BCUT2D eigenvalue weighted by Gasteiger charge is 2.19. The van der Waals surface area contributed by atoms with Crippen molar-refractivity contribution in [2.45, 2.75) is 13.0 Å². The van der Waals surface area contributed by atoms with Gasteiger partial charge in [0.05, 0.1) is 35.3 Å². The van der Waals surface area contributed by atoms with Crippen molar-refractivity contribution in [1.29, 1.82) is 0 Å². The lowest BCUT2D eigenvalue weighted by Crippen LogP contribution is -2.09. The minimum absolute atomic E-state index is 0.273. The molecule has 19 heavy (non-hydrogen) atoms. The Morgan fingerprint density at radius 2 is 1.74 bits per heavy atom. The van der Waals surface area contributed by atoms with Gasteiger partial charge in [-0.25, -0.2) is 9.97 Å². The van der Waals surface area contributed by atoms with Crippen molar-refractivity contribution < 1.29 is 9.47 Å². The Morgan fingerprint density at radius 3 is 2.26 bits per heavy atom. The number of fused-ring (bicyclic) bond motifs is 1. The van der Waals surface area contributed by atoms with Gasteiger partial charge in [0.2, 0.25) is 0 Å². The first-order valence-corrected chi connectivity index (χ1v) is 6.28. The molecule has 0 fully saturated rings. The summed E-state index contributed by atoms with van der Waals surface area (Å²) in [6.07, 6.45) is 0. The third-order valence-electron chi connectivity index (χ3n) is 2.67. The van der Waals surface area contributed by atoms with E-state index in [1.54, 1.807) is 13.0 Å². The van der Waals surface area contributed by atoms with Crippen LogP contribution < -0.4 is 15.2 Å². The van der Waals surface area contributed by atoms with Gasteiger partial charge in [0.25, 0.3) is 11.8 Å². The van der Waals surface area contributed by atoms with Crippen LogP contribution in [-0.4, -0.2) is 24.2 Å². The van der Waals surface area contributed by atoms with E-state index < -0.39 is 0 Å². The van der Waals surface area contributed by atoms with Crippen LogP contribution in [0.1, 0.15) is 18.5 Å². The summed E-state index contributed by atoms with van der Waals surface area (Å²) in [6.45, 7) is 1.80. The minimum atomic E-state index is -0.332. The van der Waals surface area contributed by atoms with Gasteiger partial charge < -0.3 is 15.2 Å². The maximum Gasteiger partial charge on any atom is 0.278 e. The summed E-state index contributed by atoms with van der Waals surface area (Å²) in [4.78, 5) is 8.66. The van der Waals surface area contributed by atoms with Crippen LogP contribution in [0.5, 0.6) is 11.8 Å². The largest absolute Gasteiger partial charge is 0.477 e. The molecule has 2 aromatic rings. The zero-order valence-electron chi connectivity index (χ0n) is 10.7. The van der Waals surface area contributed by atoms with Gasteiger partial charge in [0.15, 0.2) is 0 Å².